The minimum absolute atomic E-state index is 0.188. The highest BCUT2D eigenvalue weighted by Gasteiger charge is 2.16. The molecule has 106 valence electrons. The lowest BCUT2D eigenvalue weighted by Crippen LogP contribution is -2.15. The Balaban J connectivity index is 1.60. The third kappa shape index (κ3) is 3.10. The summed E-state index contributed by atoms with van der Waals surface area (Å²) in [6, 6.07) is 1.73. The largest absolute Gasteiger partial charge is 0.376 e. The second-order valence-corrected chi connectivity index (χ2v) is 5.69. The van der Waals surface area contributed by atoms with Gasteiger partial charge in [-0.25, -0.2) is 0 Å². The smallest absolute Gasteiger partial charge is 0.272 e. The molecule has 0 aliphatic carbocycles. The number of hydrogen-bond acceptors (Lipinski definition) is 3. The van der Waals surface area contributed by atoms with E-state index in [1.807, 2.05) is 6.20 Å². The van der Waals surface area contributed by atoms with E-state index in [2.05, 4.69) is 31.3 Å². The van der Waals surface area contributed by atoms with Crippen LogP contribution in [0.15, 0.2) is 29.1 Å². The van der Waals surface area contributed by atoms with Gasteiger partial charge in [0.25, 0.3) is 5.91 Å². The molecule has 1 aliphatic rings. The van der Waals surface area contributed by atoms with Crippen molar-refractivity contribution in [3.63, 3.8) is 0 Å². The fourth-order valence-corrected chi connectivity index (χ4v) is 2.57. The number of amides is 1. The van der Waals surface area contributed by atoms with Crippen LogP contribution in [0.4, 0.5) is 5.69 Å². The lowest BCUT2D eigenvalue weighted by Gasteiger charge is -2.08. The molecule has 1 unspecified atom stereocenters. The Morgan fingerprint density at radius 3 is 3.25 bits per heavy atom. The minimum Gasteiger partial charge on any atom is -0.376 e. The molecule has 0 radical (unpaired) electrons. The zero-order valence-corrected chi connectivity index (χ0v) is 12.4. The summed E-state index contributed by atoms with van der Waals surface area (Å²) >= 11 is 3.30. The average molecular weight is 339 g/mol. The summed E-state index contributed by atoms with van der Waals surface area (Å²) in [5, 5.41) is 7.04. The molecule has 1 saturated heterocycles. The first kappa shape index (κ1) is 13.4. The number of carbonyl (C=O) groups is 1. The van der Waals surface area contributed by atoms with Gasteiger partial charge in [0.05, 0.1) is 24.5 Å². The van der Waals surface area contributed by atoms with E-state index >= 15 is 0 Å². The van der Waals surface area contributed by atoms with E-state index in [1.54, 1.807) is 23.1 Å². The Hall–Kier alpha value is -1.60. The maximum atomic E-state index is 12.0. The van der Waals surface area contributed by atoms with Gasteiger partial charge in [-0.15, -0.1) is 0 Å². The number of nitrogens with one attached hydrogen (secondary N) is 2. The number of carbonyl (C=O) groups excluding carboxylic acids is 1. The molecule has 3 heterocycles. The van der Waals surface area contributed by atoms with Gasteiger partial charge in [0.1, 0.15) is 5.69 Å². The van der Waals surface area contributed by atoms with Gasteiger partial charge in [-0.05, 0) is 34.8 Å². The lowest BCUT2D eigenvalue weighted by atomic mass is 10.2. The van der Waals surface area contributed by atoms with Gasteiger partial charge in [0.2, 0.25) is 0 Å². The van der Waals surface area contributed by atoms with Crippen molar-refractivity contribution in [1.82, 2.24) is 14.8 Å². The molecular formula is C13H15BrN4O2. The number of anilines is 1. The van der Waals surface area contributed by atoms with Crippen LogP contribution < -0.4 is 5.32 Å². The standard InChI is InChI=1S/C13H15BrN4O2/c14-9-4-12(15-5-9)13(19)17-10-6-16-18(7-10)8-11-2-1-3-20-11/h4-7,11,15H,1-3,8H2,(H,17,19). The summed E-state index contributed by atoms with van der Waals surface area (Å²) < 4.78 is 8.21. The van der Waals surface area contributed by atoms with E-state index in [9.17, 15) is 4.79 Å². The Labute approximate surface area is 124 Å². The monoisotopic (exact) mass is 338 g/mol. The van der Waals surface area contributed by atoms with Crippen LogP contribution in [0.3, 0.4) is 0 Å². The summed E-state index contributed by atoms with van der Waals surface area (Å²) in [6.07, 6.45) is 7.59. The van der Waals surface area contributed by atoms with Crippen LogP contribution in [-0.4, -0.2) is 33.4 Å². The van der Waals surface area contributed by atoms with E-state index in [-0.39, 0.29) is 12.0 Å². The molecule has 2 N–H and O–H groups in total. The van der Waals surface area contributed by atoms with Crippen LogP contribution in [-0.2, 0) is 11.3 Å². The molecule has 7 heteroatoms. The predicted octanol–water partition coefficient (Wildman–Crippen LogP) is 2.41. The van der Waals surface area contributed by atoms with Crippen molar-refractivity contribution < 1.29 is 9.53 Å². The summed E-state index contributed by atoms with van der Waals surface area (Å²) in [4.78, 5) is 14.8. The maximum absolute atomic E-state index is 12.0. The number of aromatic nitrogens is 3. The van der Waals surface area contributed by atoms with Crippen molar-refractivity contribution in [2.75, 3.05) is 11.9 Å². The molecule has 1 fully saturated rings. The van der Waals surface area contributed by atoms with Crippen LogP contribution in [0.25, 0.3) is 0 Å². The highest BCUT2D eigenvalue weighted by atomic mass is 79.9. The Kier molecular flexibility index (Phi) is 3.88. The number of rotatable bonds is 4. The highest BCUT2D eigenvalue weighted by Crippen LogP contribution is 2.16. The fraction of sp³-hybridized carbons (Fsp3) is 0.385. The summed E-state index contributed by atoms with van der Waals surface area (Å²) in [6.45, 7) is 1.56. The molecule has 0 aromatic carbocycles. The third-order valence-corrected chi connectivity index (χ3v) is 3.66. The molecule has 3 rings (SSSR count). The SMILES string of the molecule is O=C(Nc1cnn(CC2CCCO2)c1)c1cc(Br)c[nH]1. The molecule has 6 nitrogen and oxygen atoms in total. The van der Waals surface area contributed by atoms with Gasteiger partial charge >= 0.3 is 0 Å². The zero-order chi connectivity index (χ0) is 13.9. The molecular weight excluding hydrogens is 324 g/mol. The van der Waals surface area contributed by atoms with E-state index in [4.69, 9.17) is 4.74 Å². The number of ether oxygens (including phenoxy) is 1. The van der Waals surface area contributed by atoms with Crippen molar-refractivity contribution in [2.24, 2.45) is 0 Å². The first-order chi connectivity index (χ1) is 9.70. The molecule has 2 aromatic heterocycles. The fourth-order valence-electron chi connectivity index (χ4n) is 2.22. The summed E-state index contributed by atoms with van der Waals surface area (Å²) in [7, 11) is 0. The molecule has 0 spiro atoms. The molecule has 2 aromatic rings. The number of aromatic amines is 1. The second-order valence-electron chi connectivity index (χ2n) is 4.77. The van der Waals surface area contributed by atoms with Crippen molar-refractivity contribution >= 4 is 27.5 Å². The second kappa shape index (κ2) is 5.80. The molecule has 20 heavy (non-hydrogen) atoms. The van der Waals surface area contributed by atoms with Gasteiger partial charge < -0.3 is 15.0 Å². The lowest BCUT2D eigenvalue weighted by molar-refractivity contribution is 0.0940. The van der Waals surface area contributed by atoms with Crippen LogP contribution in [0.1, 0.15) is 23.3 Å². The molecule has 1 atom stereocenters. The van der Waals surface area contributed by atoms with Crippen LogP contribution in [0.5, 0.6) is 0 Å². The van der Waals surface area contributed by atoms with E-state index in [0.29, 0.717) is 11.4 Å². The number of halogens is 1. The van der Waals surface area contributed by atoms with Gasteiger partial charge in [-0.2, -0.15) is 5.10 Å². The Morgan fingerprint density at radius 1 is 1.65 bits per heavy atom. The van der Waals surface area contributed by atoms with E-state index < -0.39 is 0 Å². The zero-order valence-electron chi connectivity index (χ0n) is 10.8. The van der Waals surface area contributed by atoms with Crippen molar-refractivity contribution in [3.8, 4) is 0 Å². The first-order valence-corrected chi connectivity index (χ1v) is 7.29. The Morgan fingerprint density at radius 2 is 2.55 bits per heavy atom. The van der Waals surface area contributed by atoms with Crippen LogP contribution in [0, 0.1) is 0 Å². The van der Waals surface area contributed by atoms with Gasteiger partial charge in [0, 0.05) is 23.5 Å². The first-order valence-electron chi connectivity index (χ1n) is 6.50. The van der Waals surface area contributed by atoms with Crippen LogP contribution in [0.2, 0.25) is 0 Å². The molecule has 0 bridgehead atoms. The van der Waals surface area contributed by atoms with E-state index in [1.165, 1.54) is 0 Å². The van der Waals surface area contributed by atoms with Crippen molar-refractivity contribution in [1.29, 1.82) is 0 Å². The summed E-state index contributed by atoms with van der Waals surface area (Å²) in [5.41, 5.74) is 1.18. The average Bonchev–Trinajstić information content (AvgIpc) is 3.13. The predicted molar refractivity (Wildman–Crippen MR) is 77.6 cm³/mol. The van der Waals surface area contributed by atoms with Gasteiger partial charge in [0.15, 0.2) is 0 Å². The molecule has 1 amide bonds. The summed E-state index contributed by atoms with van der Waals surface area (Å²) in [5.74, 6) is -0.188. The normalized spacial score (nSPS) is 18.4. The number of hydrogen-bond donors (Lipinski definition) is 2. The van der Waals surface area contributed by atoms with Crippen molar-refractivity contribution in [3.05, 3.63) is 34.8 Å². The van der Waals surface area contributed by atoms with Crippen molar-refractivity contribution in [2.45, 2.75) is 25.5 Å². The molecule has 0 saturated carbocycles. The minimum atomic E-state index is -0.188. The van der Waals surface area contributed by atoms with Gasteiger partial charge in [-0.1, -0.05) is 0 Å². The Bertz CT molecular complexity index is 601. The highest BCUT2D eigenvalue weighted by molar-refractivity contribution is 9.10. The topological polar surface area (TPSA) is 71.9 Å². The number of H-pyrrole nitrogens is 1. The third-order valence-electron chi connectivity index (χ3n) is 3.20. The van der Waals surface area contributed by atoms with Crippen LogP contribution >= 0.6 is 15.9 Å². The van der Waals surface area contributed by atoms with E-state index in [0.717, 1.165) is 30.5 Å². The molecule has 1 aliphatic heterocycles. The number of nitrogens with zero attached hydrogens (tertiary/aromatic N) is 2. The van der Waals surface area contributed by atoms with Gasteiger partial charge in [-0.3, -0.25) is 9.48 Å². The maximum Gasteiger partial charge on any atom is 0.272 e. The quantitative estimate of drug-likeness (QED) is 0.899.